The molecule has 1 nitrogen and oxygen atoms in total. The summed E-state index contributed by atoms with van der Waals surface area (Å²) in [7, 11) is -1.73. The first-order valence-electron chi connectivity index (χ1n) is 7.30. The Bertz CT molecular complexity index is 390. The van der Waals surface area contributed by atoms with E-state index in [1.54, 1.807) is 0 Å². The molecule has 1 aliphatic carbocycles. The molecule has 1 rings (SSSR count). The number of rotatable bonds is 3. The Labute approximate surface area is 120 Å². The van der Waals surface area contributed by atoms with E-state index < -0.39 is 8.32 Å². The van der Waals surface area contributed by atoms with Crippen LogP contribution < -0.4 is 0 Å². The third-order valence-corrected chi connectivity index (χ3v) is 8.85. The molecular formula is C17H30OSi. The van der Waals surface area contributed by atoms with Crippen molar-refractivity contribution in [2.45, 2.75) is 72.0 Å². The number of hydrogen-bond donors (Lipinski definition) is 0. The highest BCUT2D eigenvalue weighted by molar-refractivity contribution is 6.74. The molecule has 108 valence electrons. The van der Waals surface area contributed by atoms with E-state index in [1.165, 1.54) is 12.2 Å². The lowest BCUT2D eigenvalue weighted by Crippen LogP contribution is -2.41. The van der Waals surface area contributed by atoms with Gasteiger partial charge in [-0.25, -0.2) is 0 Å². The Morgan fingerprint density at radius 1 is 1.42 bits per heavy atom. The predicted molar refractivity (Wildman–Crippen MR) is 86.3 cm³/mol. The van der Waals surface area contributed by atoms with E-state index in [4.69, 9.17) is 10.8 Å². The molecule has 0 saturated carbocycles. The van der Waals surface area contributed by atoms with Gasteiger partial charge >= 0.3 is 0 Å². The zero-order chi connectivity index (χ0) is 14.9. The first-order valence-corrected chi connectivity index (χ1v) is 10.2. The van der Waals surface area contributed by atoms with Gasteiger partial charge in [-0.3, -0.25) is 0 Å². The van der Waals surface area contributed by atoms with Crippen molar-refractivity contribution in [1.82, 2.24) is 0 Å². The Balaban J connectivity index is 2.90. The molecular weight excluding hydrogens is 248 g/mol. The first-order chi connectivity index (χ1) is 8.47. The van der Waals surface area contributed by atoms with Crippen molar-refractivity contribution in [1.29, 1.82) is 0 Å². The third kappa shape index (κ3) is 4.42. The van der Waals surface area contributed by atoms with Gasteiger partial charge in [0, 0.05) is 12.8 Å². The van der Waals surface area contributed by atoms with E-state index in [1.807, 2.05) is 0 Å². The quantitative estimate of drug-likeness (QED) is 0.499. The monoisotopic (exact) mass is 278 g/mol. The predicted octanol–water partition coefficient (Wildman–Crippen LogP) is 5.35. The molecule has 1 unspecified atom stereocenters. The van der Waals surface area contributed by atoms with Crippen LogP contribution in [0.25, 0.3) is 0 Å². The molecule has 0 aromatic rings. The van der Waals surface area contributed by atoms with Crippen LogP contribution in [0.5, 0.6) is 0 Å². The van der Waals surface area contributed by atoms with Gasteiger partial charge in [0.05, 0.1) is 5.76 Å². The molecule has 0 fully saturated rings. The maximum atomic E-state index is 6.49. The van der Waals surface area contributed by atoms with Gasteiger partial charge < -0.3 is 4.43 Å². The van der Waals surface area contributed by atoms with Gasteiger partial charge in [-0.2, -0.15) is 0 Å². The molecule has 1 aliphatic rings. The minimum absolute atomic E-state index is 0.247. The van der Waals surface area contributed by atoms with Crippen molar-refractivity contribution >= 4 is 8.32 Å². The molecule has 0 spiro atoms. The fourth-order valence-electron chi connectivity index (χ4n) is 2.47. The van der Waals surface area contributed by atoms with Crippen LogP contribution >= 0.6 is 0 Å². The zero-order valence-electron chi connectivity index (χ0n) is 13.8. The molecule has 0 aromatic carbocycles. The van der Waals surface area contributed by atoms with Gasteiger partial charge in [0.25, 0.3) is 0 Å². The molecule has 0 aromatic heterocycles. The molecule has 2 heteroatoms. The molecule has 19 heavy (non-hydrogen) atoms. The summed E-state index contributed by atoms with van der Waals surface area (Å²) in [5.74, 6) is 4.46. The summed E-state index contributed by atoms with van der Waals surface area (Å²) in [6.07, 6.45) is 10.8. The van der Waals surface area contributed by atoms with Crippen molar-refractivity contribution in [2.24, 2.45) is 11.3 Å². The minimum Gasteiger partial charge on any atom is -0.547 e. The Hall–Kier alpha value is -0.683. The summed E-state index contributed by atoms with van der Waals surface area (Å²) >= 11 is 0. The zero-order valence-corrected chi connectivity index (χ0v) is 14.8. The van der Waals surface area contributed by atoms with Gasteiger partial charge in [0.15, 0.2) is 0 Å². The van der Waals surface area contributed by atoms with Crippen LogP contribution in [0, 0.1) is 23.7 Å². The second-order valence-corrected chi connectivity index (χ2v) is 12.9. The average molecular weight is 279 g/mol. The number of hydrogen-bond acceptors (Lipinski definition) is 1. The van der Waals surface area contributed by atoms with Gasteiger partial charge in [0.2, 0.25) is 8.32 Å². The van der Waals surface area contributed by atoms with E-state index in [9.17, 15) is 0 Å². The van der Waals surface area contributed by atoms with Crippen LogP contribution in [0.15, 0.2) is 11.8 Å². The van der Waals surface area contributed by atoms with Crippen LogP contribution in [0.4, 0.5) is 0 Å². The summed E-state index contributed by atoms with van der Waals surface area (Å²) in [4.78, 5) is 0. The van der Waals surface area contributed by atoms with Crippen LogP contribution in [0.2, 0.25) is 18.1 Å². The van der Waals surface area contributed by atoms with Crippen molar-refractivity contribution in [3.8, 4) is 12.3 Å². The fourth-order valence-corrected chi connectivity index (χ4v) is 3.57. The smallest absolute Gasteiger partial charge is 0.250 e. The highest BCUT2D eigenvalue weighted by Gasteiger charge is 2.41. The maximum absolute atomic E-state index is 6.49. The van der Waals surface area contributed by atoms with Gasteiger partial charge in [0.1, 0.15) is 0 Å². The van der Waals surface area contributed by atoms with Crippen LogP contribution in [-0.4, -0.2) is 8.32 Å². The molecule has 1 atom stereocenters. The standard InChI is InChI=1S/C17H30OSi/c1-9-10-14-11-15(13-17(5,6)12-14)18-19(7,8)16(2,3)4/h1,11,14H,10,12-13H2,2-8H3. The lowest BCUT2D eigenvalue weighted by Gasteiger charge is -2.41. The van der Waals surface area contributed by atoms with Crippen molar-refractivity contribution in [3.05, 3.63) is 11.8 Å². The fraction of sp³-hybridized carbons (Fsp3) is 0.765. The number of allylic oxidation sites excluding steroid dienone is 2. The average Bonchev–Trinajstić information content (AvgIpc) is 2.11. The summed E-state index contributed by atoms with van der Waals surface area (Å²) in [5.41, 5.74) is 0.300. The number of terminal acetylenes is 1. The van der Waals surface area contributed by atoms with Gasteiger partial charge in [-0.1, -0.05) is 34.6 Å². The van der Waals surface area contributed by atoms with Crippen molar-refractivity contribution < 1.29 is 4.43 Å². The van der Waals surface area contributed by atoms with E-state index in [-0.39, 0.29) is 5.04 Å². The minimum atomic E-state index is -1.73. The Morgan fingerprint density at radius 3 is 2.47 bits per heavy atom. The van der Waals surface area contributed by atoms with Crippen LogP contribution in [0.1, 0.15) is 53.9 Å². The normalized spacial score (nSPS) is 23.5. The molecule has 0 amide bonds. The SMILES string of the molecule is C#CCC1C=C(O[Si](C)(C)C(C)(C)C)CC(C)(C)C1. The second-order valence-electron chi connectivity index (χ2n) is 8.21. The van der Waals surface area contributed by atoms with E-state index in [0.717, 1.165) is 12.8 Å². The van der Waals surface area contributed by atoms with E-state index in [2.05, 4.69) is 59.7 Å². The molecule has 0 aliphatic heterocycles. The molecule has 0 saturated heterocycles. The summed E-state index contributed by atoms with van der Waals surface area (Å²) in [6, 6.07) is 0. The second kappa shape index (κ2) is 5.36. The molecule has 0 bridgehead atoms. The lowest BCUT2D eigenvalue weighted by atomic mass is 9.74. The molecule has 0 heterocycles. The van der Waals surface area contributed by atoms with Crippen LogP contribution in [0.3, 0.4) is 0 Å². The highest BCUT2D eigenvalue weighted by atomic mass is 28.4. The molecule has 0 radical (unpaired) electrons. The van der Waals surface area contributed by atoms with Crippen molar-refractivity contribution in [3.63, 3.8) is 0 Å². The largest absolute Gasteiger partial charge is 0.547 e. The first kappa shape index (κ1) is 16.4. The lowest BCUT2D eigenvalue weighted by molar-refractivity contribution is 0.216. The van der Waals surface area contributed by atoms with Crippen LogP contribution in [-0.2, 0) is 4.43 Å². The van der Waals surface area contributed by atoms with E-state index in [0.29, 0.717) is 11.3 Å². The topological polar surface area (TPSA) is 9.23 Å². The van der Waals surface area contributed by atoms with Gasteiger partial charge in [-0.15, -0.1) is 12.3 Å². The van der Waals surface area contributed by atoms with Crippen molar-refractivity contribution in [2.75, 3.05) is 0 Å². The summed E-state index contributed by atoms with van der Waals surface area (Å²) in [5, 5.41) is 0.247. The Morgan fingerprint density at radius 2 is 2.00 bits per heavy atom. The van der Waals surface area contributed by atoms with E-state index >= 15 is 0 Å². The maximum Gasteiger partial charge on any atom is 0.250 e. The molecule has 0 N–H and O–H groups in total. The highest BCUT2D eigenvalue weighted by Crippen LogP contribution is 2.44. The summed E-state index contributed by atoms with van der Waals surface area (Å²) < 4.78 is 6.49. The van der Waals surface area contributed by atoms with Gasteiger partial charge in [-0.05, 0) is 42.0 Å². The Kier molecular flexibility index (Phi) is 4.62. The summed E-state index contributed by atoms with van der Waals surface area (Å²) in [6.45, 7) is 16.1. The third-order valence-electron chi connectivity index (χ3n) is 4.46.